The van der Waals surface area contributed by atoms with Crippen LogP contribution in [-0.2, 0) is 6.18 Å². The third-order valence-corrected chi connectivity index (χ3v) is 6.60. The van der Waals surface area contributed by atoms with Gasteiger partial charge in [0.05, 0.1) is 5.56 Å². The second-order valence-corrected chi connectivity index (χ2v) is 8.85. The van der Waals surface area contributed by atoms with Gasteiger partial charge in [0.25, 0.3) is 5.56 Å². The molecule has 2 fully saturated rings. The molecule has 2 aromatic heterocycles. The molecule has 5 rings (SSSR count). The van der Waals surface area contributed by atoms with Gasteiger partial charge in [0.2, 0.25) is 5.95 Å². The maximum atomic E-state index is 13.9. The van der Waals surface area contributed by atoms with Crippen LogP contribution < -0.4 is 21.1 Å². The Bertz CT molecular complexity index is 1350. The largest absolute Gasteiger partial charge is 0.418 e. The smallest absolute Gasteiger partial charge is 0.368 e. The SMILES string of the molecule is N#Cc1cc2cnc(Nc3ccc(N4CCNCC4)c(C(F)(F)F)c3)nc2n(C2CCCC2)c1=O. The highest BCUT2D eigenvalue weighted by molar-refractivity contribution is 5.77. The van der Waals surface area contributed by atoms with Crippen molar-refractivity contribution in [2.75, 3.05) is 36.4 Å². The molecule has 1 aliphatic heterocycles. The van der Waals surface area contributed by atoms with Crippen molar-refractivity contribution in [1.29, 1.82) is 5.26 Å². The Hall–Kier alpha value is -3.65. The number of hydrogen-bond acceptors (Lipinski definition) is 7. The first-order valence-corrected chi connectivity index (χ1v) is 11.6. The molecule has 1 aliphatic carbocycles. The van der Waals surface area contributed by atoms with E-state index in [1.54, 1.807) is 15.5 Å². The quantitative estimate of drug-likeness (QED) is 0.580. The van der Waals surface area contributed by atoms with Crippen LogP contribution >= 0.6 is 0 Å². The number of fused-ring (bicyclic) bond motifs is 1. The van der Waals surface area contributed by atoms with Crippen LogP contribution in [0.4, 0.5) is 30.5 Å². The monoisotopic (exact) mass is 483 g/mol. The molecule has 0 amide bonds. The zero-order valence-electron chi connectivity index (χ0n) is 18.9. The topological polar surface area (TPSA) is 98.9 Å². The molecule has 0 atom stereocenters. The van der Waals surface area contributed by atoms with E-state index in [1.165, 1.54) is 18.3 Å². The van der Waals surface area contributed by atoms with Crippen molar-refractivity contribution in [2.24, 2.45) is 0 Å². The molecule has 3 aromatic rings. The molecule has 1 saturated carbocycles. The average Bonchev–Trinajstić information content (AvgIpc) is 3.38. The van der Waals surface area contributed by atoms with Gasteiger partial charge in [-0.1, -0.05) is 12.8 Å². The number of nitrogens with zero attached hydrogens (tertiary/aromatic N) is 5. The zero-order chi connectivity index (χ0) is 24.6. The lowest BCUT2D eigenvalue weighted by Crippen LogP contribution is -2.44. The number of halogens is 3. The fourth-order valence-electron chi connectivity index (χ4n) is 4.91. The maximum Gasteiger partial charge on any atom is 0.418 e. The van der Waals surface area contributed by atoms with Crippen molar-refractivity contribution >= 4 is 28.4 Å². The van der Waals surface area contributed by atoms with E-state index in [2.05, 4.69) is 20.6 Å². The Kier molecular flexibility index (Phi) is 6.06. The van der Waals surface area contributed by atoms with Crippen molar-refractivity contribution in [3.8, 4) is 6.07 Å². The summed E-state index contributed by atoms with van der Waals surface area (Å²) in [5.41, 5.74) is -0.413. The zero-order valence-corrected chi connectivity index (χ0v) is 18.9. The van der Waals surface area contributed by atoms with Gasteiger partial charge in [-0.2, -0.15) is 23.4 Å². The van der Waals surface area contributed by atoms with Gasteiger partial charge in [-0.05, 0) is 37.1 Å². The molecule has 182 valence electrons. The third-order valence-electron chi connectivity index (χ3n) is 6.60. The number of aromatic nitrogens is 3. The molecule has 1 saturated heterocycles. The van der Waals surface area contributed by atoms with Crippen LogP contribution in [0.15, 0.2) is 35.3 Å². The first kappa shape index (κ1) is 23.1. The van der Waals surface area contributed by atoms with Crippen LogP contribution in [0, 0.1) is 11.3 Å². The van der Waals surface area contributed by atoms with Crippen LogP contribution in [0.1, 0.15) is 42.9 Å². The van der Waals surface area contributed by atoms with E-state index < -0.39 is 17.3 Å². The van der Waals surface area contributed by atoms with E-state index in [0.717, 1.165) is 31.7 Å². The van der Waals surface area contributed by atoms with E-state index >= 15 is 0 Å². The van der Waals surface area contributed by atoms with Gasteiger partial charge in [0.1, 0.15) is 17.3 Å². The van der Waals surface area contributed by atoms with Gasteiger partial charge >= 0.3 is 6.18 Å². The molecule has 0 radical (unpaired) electrons. The Morgan fingerprint density at radius 2 is 1.89 bits per heavy atom. The summed E-state index contributed by atoms with van der Waals surface area (Å²) in [7, 11) is 0. The number of anilines is 3. The number of piperazine rings is 1. The Labute approximate surface area is 199 Å². The molecular formula is C24H24F3N7O. The van der Waals surface area contributed by atoms with Gasteiger partial charge in [-0.3, -0.25) is 9.36 Å². The first-order chi connectivity index (χ1) is 16.8. The van der Waals surface area contributed by atoms with Crippen LogP contribution in [-0.4, -0.2) is 40.7 Å². The van der Waals surface area contributed by atoms with Gasteiger partial charge in [0.15, 0.2) is 0 Å². The predicted octanol–water partition coefficient (Wildman–Crippen LogP) is 3.95. The van der Waals surface area contributed by atoms with Crippen LogP contribution in [0.25, 0.3) is 11.0 Å². The van der Waals surface area contributed by atoms with Gasteiger partial charge in [-0.25, -0.2) is 4.98 Å². The number of nitriles is 1. The predicted molar refractivity (Wildman–Crippen MR) is 126 cm³/mol. The summed E-state index contributed by atoms with van der Waals surface area (Å²) in [5.74, 6) is 0.0800. The molecule has 1 aromatic carbocycles. The minimum atomic E-state index is -4.53. The molecule has 2 aliphatic rings. The molecule has 35 heavy (non-hydrogen) atoms. The summed E-state index contributed by atoms with van der Waals surface area (Å²) in [6, 6.07) is 7.42. The average molecular weight is 483 g/mol. The molecule has 0 bridgehead atoms. The van der Waals surface area contributed by atoms with Gasteiger partial charge < -0.3 is 15.5 Å². The van der Waals surface area contributed by atoms with Crippen LogP contribution in [0.5, 0.6) is 0 Å². The van der Waals surface area contributed by atoms with E-state index in [1.807, 2.05) is 6.07 Å². The number of benzene rings is 1. The number of hydrogen-bond donors (Lipinski definition) is 2. The Balaban J connectivity index is 1.53. The van der Waals surface area contributed by atoms with Gasteiger partial charge in [0, 0.05) is 55.2 Å². The van der Waals surface area contributed by atoms with E-state index in [-0.39, 0.29) is 28.9 Å². The number of rotatable bonds is 4. The maximum absolute atomic E-state index is 13.9. The van der Waals surface area contributed by atoms with Crippen LogP contribution in [0.3, 0.4) is 0 Å². The number of pyridine rings is 1. The summed E-state index contributed by atoms with van der Waals surface area (Å²) in [6.45, 7) is 2.23. The summed E-state index contributed by atoms with van der Waals surface area (Å²) >= 11 is 0. The fourth-order valence-corrected chi connectivity index (χ4v) is 4.91. The molecule has 11 heteroatoms. The second kappa shape index (κ2) is 9.19. The highest BCUT2D eigenvalue weighted by Gasteiger charge is 2.35. The molecule has 2 N–H and O–H groups in total. The number of alkyl halides is 3. The van der Waals surface area contributed by atoms with E-state index in [4.69, 9.17) is 0 Å². The molecular weight excluding hydrogens is 459 g/mol. The summed E-state index contributed by atoms with van der Waals surface area (Å²) in [4.78, 5) is 23.4. The number of nitrogens with one attached hydrogen (secondary N) is 2. The van der Waals surface area contributed by atoms with Crippen molar-refractivity contribution in [3.63, 3.8) is 0 Å². The normalized spacial score (nSPS) is 17.0. The van der Waals surface area contributed by atoms with Crippen molar-refractivity contribution in [1.82, 2.24) is 19.9 Å². The molecule has 0 spiro atoms. The highest BCUT2D eigenvalue weighted by Crippen LogP contribution is 2.39. The lowest BCUT2D eigenvalue weighted by Gasteiger charge is -2.31. The van der Waals surface area contributed by atoms with E-state index in [9.17, 15) is 23.2 Å². The second-order valence-electron chi connectivity index (χ2n) is 8.85. The lowest BCUT2D eigenvalue weighted by atomic mass is 10.1. The minimum Gasteiger partial charge on any atom is -0.368 e. The Morgan fingerprint density at radius 1 is 1.14 bits per heavy atom. The molecule has 8 nitrogen and oxygen atoms in total. The summed E-state index contributed by atoms with van der Waals surface area (Å²) < 4.78 is 43.3. The first-order valence-electron chi connectivity index (χ1n) is 11.6. The highest BCUT2D eigenvalue weighted by atomic mass is 19.4. The molecule has 0 unspecified atom stereocenters. The van der Waals surface area contributed by atoms with Crippen LogP contribution in [0.2, 0.25) is 0 Å². The van der Waals surface area contributed by atoms with Crippen molar-refractivity contribution < 1.29 is 13.2 Å². The van der Waals surface area contributed by atoms with E-state index in [0.29, 0.717) is 37.2 Å². The minimum absolute atomic E-state index is 0.0204. The van der Waals surface area contributed by atoms with Crippen molar-refractivity contribution in [2.45, 2.75) is 37.9 Å². The Morgan fingerprint density at radius 3 is 2.57 bits per heavy atom. The van der Waals surface area contributed by atoms with Gasteiger partial charge in [-0.15, -0.1) is 0 Å². The summed E-state index contributed by atoms with van der Waals surface area (Å²) in [6.07, 6.45) is 0.517. The molecule has 3 heterocycles. The standard InChI is InChI=1S/C24H24F3N7O/c25-24(26,27)19-12-17(5-6-20(19)33-9-7-29-8-10-33)31-23-30-14-16-11-15(13-28)22(35)34(21(16)32-23)18-3-1-2-4-18/h5-6,11-12,14,18,29H,1-4,7-10H2,(H,30,31,32). The fraction of sp³-hybridized carbons (Fsp3) is 0.417. The third kappa shape index (κ3) is 4.53. The summed E-state index contributed by atoms with van der Waals surface area (Å²) in [5, 5.41) is 15.9. The lowest BCUT2D eigenvalue weighted by molar-refractivity contribution is -0.137. The van der Waals surface area contributed by atoms with Crippen molar-refractivity contribution in [3.05, 3.63) is 51.9 Å².